The first-order chi connectivity index (χ1) is 20.9. The van der Waals surface area contributed by atoms with Gasteiger partial charge in [-0.05, 0) is 71.9 Å². The van der Waals surface area contributed by atoms with E-state index in [2.05, 4.69) is 16.7 Å². The number of esters is 1. The Labute approximate surface area is 251 Å². The average Bonchev–Trinajstić information content (AvgIpc) is 3.65. The van der Waals surface area contributed by atoms with E-state index in [9.17, 15) is 14.7 Å². The second kappa shape index (κ2) is 11.8. The van der Waals surface area contributed by atoms with Gasteiger partial charge in [0, 0.05) is 18.8 Å². The van der Waals surface area contributed by atoms with Crippen molar-refractivity contribution in [3.8, 4) is 17.6 Å². The highest BCUT2D eigenvalue weighted by atomic mass is 16.5. The molecule has 0 bridgehead atoms. The minimum absolute atomic E-state index is 0.247. The van der Waals surface area contributed by atoms with Gasteiger partial charge in [0.05, 0.1) is 30.8 Å². The summed E-state index contributed by atoms with van der Waals surface area (Å²) >= 11 is 0. The normalized spacial score (nSPS) is 18.3. The first-order valence-electron chi connectivity index (χ1n) is 14.6. The van der Waals surface area contributed by atoms with Crippen LogP contribution in [0, 0.1) is 11.8 Å². The van der Waals surface area contributed by atoms with Crippen LogP contribution in [-0.4, -0.2) is 43.8 Å². The van der Waals surface area contributed by atoms with Crippen LogP contribution < -0.4 is 14.5 Å². The molecule has 7 nitrogen and oxygen atoms in total. The maximum atomic E-state index is 13.9. The smallest absolute Gasteiger partial charge is 0.314 e. The van der Waals surface area contributed by atoms with Crippen LogP contribution in [0.4, 0.5) is 11.4 Å². The number of carbonyl (C=O) groups excluding carboxylic acids is 2. The molecule has 218 valence electrons. The van der Waals surface area contributed by atoms with Gasteiger partial charge in [0.15, 0.2) is 6.61 Å². The Balaban J connectivity index is 1.23. The first-order valence-corrected chi connectivity index (χ1v) is 14.6. The Morgan fingerprint density at radius 2 is 1.67 bits per heavy atom. The number of benzene rings is 4. The van der Waals surface area contributed by atoms with E-state index in [1.165, 1.54) is 0 Å². The number of anilines is 2. The number of fused-ring (bicyclic) bond motifs is 2. The predicted octanol–water partition coefficient (Wildman–Crippen LogP) is 5.53. The second-order valence-electron chi connectivity index (χ2n) is 11.1. The van der Waals surface area contributed by atoms with Gasteiger partial charge < -0.3 is 24.4 Å². The van der Waals surface area contributed by atoms with E-state index >= 15 is 0 Å². The van der Waals surface area contributed by atoms with Crippen LogP contribution in [0.25, 0.3) is 10.8 Å². The van der Waals surface area contributed by atoms with Crippen LogP contribution in [0.1, 0.15) is 42.4 Å². The van der Waals surface area contributed by atoms with Crippen LogP contribution >= 0.6 is 0 Å². The van der Waals surface area contributed by atoms with Gasteiger partial charge in [-0.15, -0.1) is 0 Å². The standard InChI is InChI=1S/C36H34N2O5/c1-25(27-14-15-29-23-30(42-2)17-16-28(29)22-27)34(39)43-21-9-18-36(41)33-31(37-19-6-7-20-37)12-8-13-32(33)38(35(36)40)24-26-10-4-3-5-11-26/h3-5,8,10-17,22-23,25,41H,6-7,19-21,24H2,1-2H3/t25-,36?/m0/s1. The molecule has 0 aromatic heterocycles. The summed E-state index contributed by atoms with van der Waals surface area (Å²) in [6.07, 6.45) is 2.10. The Morgan fingerprint density at radius 3 is 2.44 bits per heavy atom. The van der Waals surface area contributed by atoms with E-state index in [4.69, 9.17) is 9.47 Å². The van der Waals surface area contributed by atoms with Crippen LogP contribution in [0.3, 0.4) is 0 Å². The molecule has 1 unspecified atom stereocenters. The summed E-state index contributed by atoms with van der Waals surface area (Å²) in [5.74, 6) is 4.92. The fraction of sp³-hybridized carbons (Fsp3) is 0.278. The molecule has 0 saturated carbocycles. The number of aliphatic hydroxyl groups is 1. The zero-order valence-corrected chi connectivity index (χ0v) is 24.4. The molecule has 2 aliphatic rings. The van der Waals surface area contributed by atoms with Gasteiger partial charge in [0.2, 0.25) is 5.60 Å². The Kier molecular flexibility index (Phi) is 7.79. The second-order valence-corrected chi connectivity index (χ2v) is 11.1. The number of hydrogen-bond donors (Lipinski definition) is 1. The molecule has 0 radical (unpaired) electrons. The number of hydrogen-bond acceptors (Lipinski definition) is 6. The minimum Gasteiger partial charge on any atom is -0.497 e. The lowest BCUT2D eigenvalue weighted by atomic mass is 9.93. The summed E-state index contributed by atoms with van der Waals surface area (Å²) in [6.45, 7) is 3.55. The highest BCUT2D eigenvalue weighted by Gasteiger charge is 2.51. The fourth-order valence-corrected chi connectivity index (χ4v) is 5.97. The number of nitrogens with zero attached hydrogens (tertiary/aromatic N) is 2. The van der Waals surface area contributed by atoms with Crippen LogP contribution in [0.5, 0.6) is 5.75 Å². The van der Waals surface area contributed by atoms with Crippen molar-refractivity contribution in [3.63, 3.8) is 0 Å². The molecule has 4 aromatic rings. The number of amides is 1. The Hall–Kier alpha value is -4.80. The number of carbonyl (C=O) groups is 2. The number of ether oxygens (including phenoxy) is 2. The van der Waals surface area contributed by atoms with Crippen molar-refractivity contribution in [3.05, 3.63) is 102 Å². The van der Waals surface area contributed by atoms with Gasteiger partial charge in [-0.1, -0.05) is 66.6 Å². The van der Waals surface area contributed by atoms with Crippen LogP contribution in [0.2, 0.25) is 0 Å². The van der Waals surface area contributed by atoms with E-state index in [0.29, 0.717) is 17.8 Å². The third-order valence-electron chi connectivity index (χ3n) is 8.34. The monoisotopic (exact) mass is 574 g/mol. The molecule has 1 N–H and O–H groups in total. The van der Waals surface area contributed by atoms with Crippen molar-refractivity contribution in [2.24, 2.45) is 0 Å². The maximum Gasteiger partial charge on any atom is 0.314 e. The third-order valence-corrected chi connectivity index (χ3v) is 8.34. The van der Waals surface area contributed by atoms with Crippen molar-refractivity contribution >= 4 is 34.0 Å². The number of rotatable bonds is 7. The molecule has 4 aromatic carbocycles. The van der Waals surface area contributed by atoms with Gasteiger partial charge in [0.25, 0.3) is 5.91 Å². The summed E-state index contributed by atoms with van der Waals surface area (Å²) in [7, 11) is 1.63. The van der Waals surface area contributed by atoms with E-state index in [1.54, 1.807) is 18.9 Å². The van der Waals surface area contributed by atoms with Crippen LogP contribution in [0.15, 0.2) is 84.9 Å². The molecule has 43 heavy (non-hydrogen) atoms. The maximum absolute atomic E-state index is 13.9. The molecule has 1 amide bonds. The van der Waals surface area contributed by atoms with Crippen molar-refractivity contribution in [2.75, 3.05) is 36.6 Å². The zero-order chi connectivity index (χ0) is 30.0. The lowest BCUT2D eigenvalue weighted by Gasteiger charge is -2.24. The zero-order valence-electron chi connectivity index (χ0n) is 24.4. The molecular weight excluding hydrogens is 540 g/mol. The topological polar surface area (TPSA) is 79.3 Å². The Morgan fingerprint density at radius 1 is 0.953 bits per heavy atom. The summed E-state index contributed by atoms with van der Waals surface area (Å²) in [5, 5.41) is 14.0. The lowest BCUT2D eigenvalue weighted by molar-refractivity contribution is -0.143. The molecule has 7 heteroatoms. The van der Waals surface area contributed by atoms with Crippen LogP contribution in [-0.2, 0) is 26.5 Å². The van der Waals surface area contributed by atoms with E-state index in [-0.39, 0.29) is 6.61 Å². The highest BCUT2D eigenvalue weighted by Crippen LogP contribution is 2.46. The van der Waals surface area contributed by atoms with E-state index in [0.717, 1.165) is 59.3 Å². The molecule has 2 aliphatic heterocycles. The third kappa shape index (κ3) is 5.42. The number of methoxy groups -OCH3 is 1. The highest BCUT2D eigenvalue weighted by molar-refractivity contribution is 6.11. The van der Waals surface area contributed by atoms with Gasteiger partial charge in [0.1, 0.15) is 5.75 Å². The average molecular weight is 575 g/mol. The quantitative estimate of drug-likeness (QED) is 0.231. The van der Waals surface area contributed by atoms with Gasteiger partial charge >= 0.3 is 5.97 Å². The summed E-state index contributed by atoms with van der Waals surface area (Å²) < 4.78 is 10.8. The molecule has 1 fully saturated rings. The van der Waals surface area contributed by atoms with Crippen molar-refractivity contribution in [2.45, 2.75) is 37.8 Å². The predicted molar refractivity (Wildman–Crippen MR) is 167 cm³/mol. The Bertz CT molecular complexity index is 1740. The van der Waals surface area contributed by atoms with E-state index in [1.807, 2.05) is 84.9 Å². The molecule has 1 saturated heterocycles. The SMILES string of the molecule is COc1ccc2cc([C@H](C)C(=O)OCC#CC3(O)C(=O)N(Cc4ccccc4)c4cccc(N5CCCC5)c43)ccc2c1. The van der Waals surface area contributed by atoms with E-state index < -0.39 is 23.4 Å². The first kappa shape index (κ1) is 28.3. The minimum atomic E-state index is -2.05. The van der Waals surface area contributed by atoms with Gasteiger partial charge in [-0.25, -0.2) is 0 Å². The molecule has 0 aliphatic carbocycles. The van der Waals surface area contributed by atoms with Crippen molar-refractivity contribution in [1.82, 2.24) is 0 Å². The molecule has 2 atom stereocenters. The fourth-order valence-electron chi connectivity index (χ4n) is 5.97. The molecular formula is C36H34N2O5. The van der Waals surface area contributed by atoms with Gasteiger partial charge in [-0.2, -0.15) is 0 Å². The molecule has 6 rings (SSSR count). The van der Waals surface area contributed by atoms with Crippen molar-refractivity contribution < 1.29 is 24.2 Å². The van der Waals surface area contributed by atoms with Crippen molar-refractivity contribution in [1.29, 1.82) is 0 Å². The molecule has 2 heterocycles. The summed E-state index contributed by atoms with van der Waals surface area (Å²) in [5.41, 5.74) is 1.67. The lowest BCUT2D eigenvalue weighted by Crippen LogP contribution is -2.39. The molecule has 0 spiro atoms. The summed E-state index contributed by atoms with van der Waals surface area (Å²) in [6, 6.07) is 27.0. The van der Waals surface area contributed by atoms with Gasteiger partial charge in [-0.3, -0.25) is 9.59 Å². The largest absolute Gasteiger partial charge is 0.497 e. The summed E-state index contributed by atoms with van der Waals surface area (Å²) in [4.78, 5) is 30.6.